The number of aromatic hydroxyl groups is 1. The van der Waals surface area contributed by atoms with Gasteiger partial charge in [-0.1, -0.05) is 12.1 Å². The van der Waals surface area contributed by atoms with Crippen molar-refractivity contribution in [2.45, 2.75) is 11.8 Å². The molecule has 0 aliphatic carbocycles. The van der Waals surface area contributed by atoms with Crippen LogP contribution in [0.25, 0.3) is 0 Å². The molecule has 0 amide bonds. The lowest BCUT2D eigenvalue weighted by Crippen LogP contribution is -2.13. The molecule has 22 heavy (non-hydrogen) atoms. The minimum atomic E-state index is -4.12. The van der Waals surface area contributed by atoms with Gasteiger partial charge in [0.1, 0.15) is 16.2 Å². The van der Waals surface area contributed by atoms with Crippen LogP contribution in [-0.2, 0) is 14.9 Å². The number of phenolic OH excluding ortho intramolecular Hbond substituents is 1. The maximum Gasteiger partial charge on any atom is 0.341 e. The molecule has 1 N–H and O–H groups in total. The van der Waals surface area contributed by atoms with Crippen molar-refractivity contribution in [2.75, 3.05) is 6.61 Å². The van der Waals surface area contributed by atoms with Gasteiger partial charge >= 0.3 is 16.1 Å². The predicted molar refractivity (Wildman–Crippen MR) is 78.3 cm³/mol. The first-order valence-electron chi connectivity index (χ1n) is 6.43. The molecule has 6 nitrogen and oxygen atoms in total. The van der Waals surface area contributed by atoms with Crippen molar-refractivity contribution in [3.8, 4) is 11.5 Å². The highest BCUT2D eigenvalue weighted by atomic mass is 32.2. The highest BCUT2D eigenvalue weighted by Crippen LogP contribution is 2.24. The molecule has 0 aliphatic rings. The van der Waals surface area contributed by atoms with E-state index in [1.807, 2.05) is 0 Å². The third-order valence-corrected chi connectivity index (χ3v) is 3.96. The van der Waals surface area contributed by atoms with Gasteiger partial charge in [-0.25, -0.2) is 4.79 Å². The minimum absolute atomic E-state index is 0.0201. The van der Waals surface area contributed by atoms with Crippen molar-refractivity contribution >= 4 is 16.1 Å². The Morgan fingerprint density at radius 3 is 2.36 bits per heavy atom. The molecule has 0 unspecified atom stereocenters. The quantitative estimate of drug-likeness (QED) is 0.671. The highest BCUT2D eigenvalue weighted by molar-refractivity contribution is 7.87. The molecule has 0 saturated heterocycles. The van der Waals surface area contributed by atoms with Crippen LogP contribution in [0, 0.1) is 0 Å². The first-order valence-corrected chi connectivity index (χ1v) is 7.84. The summed E-state index contributed by atoms with van der Waals surface area (Å²) in [4.78, 5) is 11.7. The summed E-state index contributed by atoms with van der Waals surface area (Å²) in [6.07, 6.45) is 0. The normalized spacial score (nSPS) is 11.0. The zero-order valence-electron chi connectivity index (χ0n) is 11.7. The molecule has 0 spiro atoms. The SMILES string of the molecule is CCOC(=O)c1ccccc1OS(=O)(=O)c1ccc(O)cc1. The molecule has 0 fully saturated rings. The van der Waals surface area contributed by atoms with Crippen molar-refractivity contribution in [2.24, 2.45) is 0 Å². The molecule has 116 valence electrons. The Labute approximate surface area is 128 Å². The zero-order valence-corrected chi connectivity index (χ0v) is 12.5. The van der Waals surface area contributed by atoms with Gasteiger partial charge in [-0.2, -0.15) is 8.42 Å². The molecule has 0 aliphatic heterocycles. The summed E-state index contributed by atoms with van der Waals surface area (Å²) in [6, 6.07) is 10.8. The fraction of sp³-hybridized carbons (Fsp3) is 0.133. The number of hydrogen-bond donors (Lipinski definition) is 1. The van der Waals surface area contributed by atoms with E-state index in [1.54, 1.807) is 19.1 Å². The first-order chi connectivity index (χ1) is 10.4. The van der Waals surface area contributed by atoms with E-state index in [0.29, 0.717) is 0 Å². The summed E-state index contributed by atoms with van der Waals surface area (Å²) in [5.74, 6) is -0.848. The summed E-state index contributed by atoms with van der Waals surface area (Å²) in [6.45, 7) is 1.81. The third-order valence-electron chi connectivity index (χ3n) is 2.71. The largest absolute Gasteiger partial charge is 0.508 e. The lowest BCUT2D eigenvalue weighted by molar-refractivity contribution is 0.0524. The Bertz CT molecular complexity index is 765. The molecule has 0 heterocycles. The van der Waals surface area contributed by atoms with Crippen LogP contribution >= 0.6 is 0 Å². The lowest BCUT2D eigenvalue weighted by Gasteiger charge is -2.10. The highest BCUT2D eigenvalue weighted by Gasteiger charge is 2.21. The summed E-state index contributed by atoms with van der Waals surface area (Å²) in [7, 11) is -4.12. The standard InChI is InChI=1S/C15H14O6S/c1-2-20-15(17)13-5-3-4-6-14(13)21-22(18,19)12-9-7-11(16)8-10-12/h3-10,16H,2H2,1H3. The van der Waals surface area contributed by atoms with Crippen LogP contribution in [0.3, 0.4) is 0 Å². The van der Waals surface area contributed by atoms with E-state index in [2.05, 4.69) is 0 Å². The Hall–Kier alpha value is -2.54. The number of esters is 1. The Morgan fingerprint density at radius 1 is 1.09 bits per heavy atom. The van der Waals surface area contributed by atoms with Gasteiger partial charge in [0.05, 0.1) is 6.61 Å². The van der Waals surface area contributed by atoms with E-state index >= 15 is 0 Å². The van der Waals surface area contributed by atoms with Crippen LogP contribution in [0.4, 0.5) is 0 Å². The second-order valence-corrected chi connectivity index (χ2v) is 5.79. The van der Waals surface area contributed by atoms with Gasteiger partial charge in [0.2, 0.25) is 0 Å². The summed E-state index contributed by atoms with van der Waals surface area (Å²) in [5.41, 5.74) is 0.0201. The van der Waals surface area contributed by atoms with Gasteiger partial charge < -0.3 is 14.0 Å². The van der Waals surface area contributed by atoms with E-state index < -0.39 is 16.1 Å². The van der Waals surface area contributed by atoms with E-state index in [0.717, 1.165) is 0 Å². The number of hydrogen-bond acceptors (Lipinski definition) is 6. The first kappa shape index (κ1) is 15.8. The van der Waals surface area contributed by atoms with E-state index in [1.165, 1.54) is 36.4 Å². The van der Waals surface area contributed by atoms with Gasteiger partial charge in [-0.05, 0) is 43.3 Å². The van der Waals surface area contributed by atoms with Gasteiger partial charge in [0, 0.05) is 0 Å². The second-order valence-electron chi connectivity index (χ2n) is 4.25. The lowest BCUT2D eigenvalue weighted by atomic mass is 10.2. The van der Waals surface area contributed by atoms with Crippen LogP contribution in [0.2, 0.25) is 0 Å². The molecule has 2 rings (SSSR count). The minimum Gasteiger partial charge on any atom is -0.508 e. The number of benzene rings is 2. The van der Waals surface area contributed by atoms with E-state index in [4.69, 9.17) is 8.92 Å². The predicted octanol–water partition coefficient (Wildman–Crippen LogP) is 2.34. The van der Waals surface area contributed by atoms with E-state index in [9.17, 15) is 18.3 Å². The van der Waals surface area contributed by atoms with Crippen molar-refractivity contribution < 1.29 is 27.2 Å². The number of carbonyl (C=O) groups is 1. The summed E-state index contributed by atoms with van der Waals surface area (Å²) < 4.78 is 34.3. The molecule has 0 atom stereocenters. The Morgan fingerprint density at radius 2 is 1.73 bits per heavy atom. The molecule has 0 aromatic heterocycles. The van der Waals surface area contributed by atoms with Crippen molar-refractivity contribution in [1.29, 1.82) is 0 Å². The van der Waals surface area contributed by atoms with Crippen LogP contribution in [0.1, 0.15) is 17.3 Å². The van der Waals surface area contributed by atoms with Gasteiger partial charge in [-0.3, -0.25) is 0 Å². The van der Waals surface area contributed by atoms with Crippen LogP contribution in [-0.4, -0.2) is 26.1 Å². The molecule has 7 heteroatoms. The fourth-order valence-corrected chi connectivity index (χ4v) is 2.64. The summed E-state index contributed by atoms with van der Waals surface area (Å²) in [5, 5.41) is 9.19. The zero-order chi connectivity index (χ0) is 16.2. The van der Waals surface area contributed by atoms with E-state index in [-0.39, 0.29) is 28.6 Å². The third kappa shape index (κ3) is 3.56. The number of phenols is 1. The molecular weight excluding hydrogens is 308 g/mol. The summed E-state index contributed by atoms with van der Waals surface area (Å²) >= 11 is 0. The van der Waals surface area contributed by atoms with Crippen molar-refractivity contribution in [3.05, 3.63) is 54.1 Å². The average molecular weight is 322 g/mol. The van der Waals surface area contributed by atoms with Gasteiger partial charge in [-0.15, -0.1) is 0 Å². The van der Waals surface area contributed by atoms with Crippen LogP contribution in [0.15, 0.2) is 53.4 Å². The smallest absolute Gasteiger partial charge is 0.341 e. The number of carbonyl (C=O) groups excluding carboxylic acids is 1. The molecule has 0 bridgehead atoms. The van der Waals surface area contributed by atoms with Crippen LogP contribution < -0.4 is 4.18 Å². The maximum atomic E-state index is 12.2. The average Bonchev–Trinajstić information content (AvgIpc) is 2.48. The van der Waals surface area contributed by atoms with Gasteiger partial charge in [0.15, 0.2) is 5.75 Å². The number of ether oxygens (including phenoxy) is 1. The maximum absolute atomic E-state index is 12.2. The van der Waals surface area contributed by atoms with Crippen molar-refractivity contribution in [1.82, 2.24) is 0 Å². The Balaban J connectivity index is 2.34. The molecular formula is C15H14O6S. The monoisotopic (exact) mass is 322 g/mol. The fourth-order valence-electron chi connectivity index (χ4n) is 1.70. The van der Waals surface area contributed by atoms with Crippen LogP contribution in [0.5, 0.6) is 11.5 Å². The molecule has 0 radical (unpaired) electrons. The second kappa shape index (κ2) is 6.48. The Kier molecular flexibility index (Phi) is 4.67. The number of rotatable bonds is 5. The van der Waals surface area contributed by atoms with Crippen molar-refractivity contribution in [3.63, 3.8) is 0 Å². The molecule has 2 aromatic carbocycles. The molecule has 0 saturated carbocycles. The molecule has 2 aromatic rings. The topological polar surface area (TPSA) is 89.9 Å². The van der Waals surface area contributed by atoms with Gasteiger partial charge in [0.25, 0.3) is 0 Å². The number of para-hydroxylation sites is 1.